The van der Waals surface area contributed by atoms with E-state index in [-0.39, 0.29) is 13.2 Å². The van der Waals surface area contributed by atoms with Gasteiger partial charge in [-0.25, -0.2) is 4.79 Å². The van der Waals surface area contributed by atoms with E-state index in [2.05, 4.69) is 62.5 Å². The number of piperazine rings is 1. The lowest BCUT2D eigenvalue weighted by Gasteiger charge is -2.32. The van der Waals surface area contributed by atoms with Crippen molar-refractivity contribution in [2.75, 3.05) is 46.4 Å². The number of nitrogens with one attached hydrogen (secondary N) is 1. The first-order valence-electron chi connectivity index (χ1n) is 11.0. The number of thiophene rings is 1. The van der Waals surface area contributed by atoms with Gasteiger partial charge in [0.1, 0.15) is 13.2 Å². The summed E-state index contributed by atoms with van der Waals surface area (Å²) in [7, 11) is 2.19. The average Bonchev–Trinajstić information content (AvgIpc) is 3.50. The Morgan fingerprint density at radius 1 is 1.27 bits per heavy atom. The molecule has 5 rings (SSSR count). The first kappa shape index (κ1) is 21.9. The van der Waals surface area contributed by atoms with E-state index in [0.29, 0.717) is 0 Å². The molecule has 0 atom stereocenters. The molecule has 3 aromatic rings. The number of aliphatic carboxylic acids is 1. The maximum absolute atomic E-state index is 10.5. The number of fused-ring (bicyclic) bond motifs is 3. The number of carboxylic acids is 1. The van der Waals surface area contributed by atoms with E-state index in [1.807, 2.05) is 6.07 Å². The van der Waals surface area contributed by atoms with Crippen molar-refractivity contribution in [2.45, 2.75) is 13.0 Å². The molecule has 0 amide bonds. The van der Waals surface area contributed by atoms with Gasteiger partial charge in [0.05, 0.1) is 16.3 Å². The molecular formula is C25H26N4O3S. The van der Waals surface area contributed by atoms with Crippen molar-refractivity contribution in [2.24, 2.45) is 0 Å². The third-order valence-electron chi connectivity index (χ3n) is 6.16. The van der Waals surface area contributed by atoms with Crippen molar-refractivity contribution in [1.82, 2.24) is 20.0 Å². The number of aromatic nitrogens is 2. The van der Waals surface area contributed by atoms with Gasteiger partial charge in [-0.1, -0.05) is 30.0 Å². The predicted molar refractivity (Wildman–Crippen MR) is 128 cm³/mol. The highest BCUT2D eigenvalue weighted by Crippen LogP contribution is 2.41. The fourth-order valence-corrected chi connectivity index (χ4v) is 5.19. The van der Waals surface area contributed by atoms with Crippen molar-refractivity contribution in [3.63, 3.8) is 0 Å². The minimum atomic E-state index is -0.991. The Balaban J connectivity index is 1.27. The summed E-state index contributed by atoms with van der Waals surface area (Å²) in [6, 6.07) is 8.87. The molecule has 1 aliphatic carbocycles. The van der Waals surface area contributed by atoms with Crippen molar-refractivity contribution >= 4 is 17.3 Å². The summed E-state index contributed by atoms with van der Waals surface area (Å²) in [6.07, 6.45) is 0.882. The maximum atomic E-state index is 10.5. The minimum absolute atomic E-state index is 0.100. The number of likely N-dealkylation sites (N-methyl/N-ethyl adjacent to an activating group) is 1. The number of rotatable bonds is 6. The Kier molecular flexibility index (Phi) is 6.29. The van der Waals surface area contributed by atoms with Gasteiger partial charge < -0.3 is 14.7 Å². The van der Waals surface area contributed by atoms with Crippen LogP contribution in [0.25, 0.3) is 22.5 Å². The second-order valence-corrected chi connectivity index (χ2v) is 9.47. The molecule has 1 aromatic carbocycles. The Bertz CT molecular complexity index is 1230. The molecule has 0 unspecified atom stereocenters. The smallest absolute Gasteiger partial charge is 0.329 e. The topological polar surface area (TPSA) is 81.7 Å². The number of hydrogen-bond donors (Lipinski definition) is 2. The average molecular weight is 463 g/mol. The van der Waals surface area contributed by atoms with Gasteiger partial charge in [0.15, 0.2) is 0 Å². The number of aromatic amines is 1. The number of nitrogens with zero attached hydrogens (tertiary/aromatic N) is 3. The molecule has 170 valence electrons. The lowest BCUT2D eigenvalue weighted by Crippen LogP contribution is -2.43. The summed E-state index contributed by atoms with van der Waals surface area (Å²) < 4.78 is 4.96. The highest BCUT2D eigenvalue weighted by molar-refractivity contribution is 7.11. The Hall–Kier alpha value is -2.96. The van der Waals surface area contributed by atoms with Crippen LogP contribution in [0.5, 0.6) is 0 Å². The van der Waals surface area contributed by atoms with Gasteiger partial charge in [-0.15, -0.1) is 11.3 Å². The fraction of sp³-hybridized carbons (Fsp3) is 0.360. The quantitative estimate of drug-likeness (QED) is 0.339. The van der Waals surface area contributed by atoms with Crippen LogP contribution in [0.15, 0.2) is 29.6 Å². The largest absolute Gasteiger partial charge is 0.480 e. The number of benzene rings is 1. The third-order valence-corrected chi connectivity index (χ3v) is 7.01. The van der Waals surface area contributed by atoms with Gasteiger partial charge >= 0.3 is 5.97 Å². The third kappa shape index (κ3) is 4.87. The summed E-state index contributed by atoms with van der Waals surface area (Å²) in [5.74, 6) is 4.91. The summed E-state index contributed by atoms with van der Waals surface area (Å²) in [5.41, 5.74) is 8.37. The summed E-state index contributed by atoms with van der Waals surface area (Å²) in [6.45, 7) is 5.28. The maximum Gasteiger partial charge on any atom is 0.329 e. The van der Waals surface area contributed by atoms with Crippen LogP contribution in [0.2, 0.25) is 0 Å². The molecule has 7 nitrogen and oxygen atoms in total. The number of ether oxygens (including phenoxy) is 1. The molecular weight excluding hydrogens is 436 g/mol. The monoisotopic (exact) mass is 462 g/mol. The molecule has 1 saturated heterocycles. The lowest BCUT2D eigenvalue weighted by atomic mass is 10.0. The van der Waals surface area contributed by atoms with Crippen molar-refractivity contribution in [3.8, 4) is 34.4 Å². The van der Waals surface area contributed by atoms with Gasteiger partial charge in [0.2, 0.25) is 0 Å². The van der Waals surface area contributed by atoms with Crippen molar-refractivity contribution in [1.29, 1.82) is 0 Å². The van der Waals surface area contributed by atoms with E-state index < -0.39 is 5.97 Å². The van der Waals surface area contributed by atoms with Crippen LogP contribution >= 0.6 is 11.3 Å². The number of carbonyl (C=O) groups is 1. The highest BCUT2D eigenvalue weighted by Gasteiger charge is 2.26. The van der Waals surface area contributed by atoms with Gasteiger partial charge in [-0.2, -0.15) is 5.10 Å². The van der Waals surface area contributed by atoms with E-state index in [9.17, 15) is 4.79 Å². The zero-order valence-electron chi connectivity index (χ0n) is 18.6. The molecule has 0 spiro atoms. The van der Waals surface area contributed by atoms with Gasteiger partial charge in [-0.05, 0) is 24.2 Å². The first-order valence-corrected chi connectivity index (χ1v) is 11.9. The summed E-state index contributed by atoms with van der Waals surface area (Å²) >= 11 is 1.56. The lowest BCUT2D eigenvalue weighted by molar-refractivity contribution is -0.141. The van der Waals surface area contributed by atoms with Crippen LogP contribution in [-0.4, -0.2) is 77.5 Å². The standard InChI is InChI=1S/C25H26N4O3S/c1-28-6-8-29(9-7-28)14-17-4-5-21-18(11-17)13-22-24(26-27-25(21)22)19-12-20(33-16-19)3-2-10-32-15-23(30)31/h4-5,11-12,16H,6-10,13-15H2,1H3,(H,26,27)(H,30,31). The van der Waals surface area contributed by atoms with Crippen molar-refractivity contribution in [3.05, 3.63) is 51.2 Å². The van der Waals surface area contributed by atoms with Crippen molar-refractivity contribution < 1.29 is 14.6 Å². The molecule has 2 aromatic heterocycles. The molecule has 1 aliphatic heterocycles. The Morgan fingerprint density at radius 3 is 2.94 bits per heavy atom. The Labute approximate surface area is 197 Å². The normalized spacial score (nSPS) is 15.7. The second-order valence-electron chi connectivity index (χ2n) is 8.56. The summed E-state index contributed by atoms with van der Waals surface area (Å²) in [4.78, 5) is 16.3. The SMILES string of the molecule is CN1CCN(Cc2ccc3c(c2)Cc2c(-c4csc(C#CCOCC(=O)O)c4)n[nH]c2-3)CC1. The van der Waals surface area contributed by atoms with Crippen LogP contribution < -0.4 is 0 Å². The van der Waals surface area contributed by atoms with E-state index in [4.69, 9.17) is 9.84 Å². The Morgan fingerprint density at radius 2 is 2.12 bits per heavy atom. The predicted octanol–water partition coefficient (Wildman–Crippen LogP) is 2.91. The molecule has 0 saturated carbocycles. The molecule has 0 radical (unpaired) electrons. The van der Waals surface area contributed by atoms with Crippen LogP contribution in [0, 0.1) is 11.8 Å². The zero-order valence-corrected chi connectivity index (χ0v) is 19.4. The van der Waals surface area contributed by atoms with Gasteiger partial charge in [0, 0.05) is 61.2 Å². The number of hydrogen-bond acceptors (Lipinski definition) is 6. The van der Waals surface area contributed by atoms with Crippen LogP contribution in [0.3, 0.4) is 0 Å². The van der Waals surface area contributed by atoms with E-state index in [1.165, 1.54) is 22.3 Å². The number of H-pyrrole nitrogens is 1. The van der Waals surface area contributed by atoms with E-state index in [1.54, 1.807) is 11.3 Å². The first-order chi connectivity index (χ1) is 16.1. The minimum Gasteiger partial charge on any atom is -0.480 e. The molecule has 8 heteroatoms. The van der Waals surface area contributed by atoms with Crippen LogP contribution in [0.4, 0.5) is 0 Å². The molecule has 1 fully saturated rings. The fourth-order valence-electron chi connectivity index (χ4n) is 4.43. The highest BCUT2D eigenvalue weighted by atomic mass is 32.1. The molecule has 2 N–H and O–H groups in total. The molecule has 0 bridgehead atoms. The molecule has 33 heavy (non-hydrogen) atoms. The summed E-state index contributed by atoms with van der Waals surface area (Å²) in [5, 5.41) is 18.5. The van der Waals surface area contributed by atoms with Crippen LogP contribution in [0.1, 0.15) is 21.6 Å². The van der Waals surface area contributed by atoms with E-state index >= 15 is 0 Å². The molecule has 3 heterocycles. The van der Waals surface area contributed by atoms with Gasteiger partial charge in [-0.3, -0.25) is 10.00 Å². The number of carboxylic acid groups (broad SMARTS) is 1. The van der Waals surface area contributed by atoms with Crippen LogP contribution in [-0.2, 0) is 22.5 Å². The van der Waals surface area contributed by atoms with E-state index in [0.717, 1.165) is 61.0 Å². The van der Waals surface area contributed by atoms with Gasteiger partial charge in [0.25, 0.3) is 0 Å². The zero-order chi connectivity index (χ0) is 22.8. The molecule has 2 aliphatic rings. The second kappa shape index (κ2) is 9.49.